The quantitative estimate of drug-likeness (QED) is 0.0519. The van der Waals surface area contributed by atoms with E-state index in [-0.39, 0.29) is 178 Å². The fourth-order valence-electron chi connectivity index (χ4n) is 10.5. The van der Waals surface area contributed by atoms with Gasteiger partial charge in [-0.05, 0) is 140 Å². The molecule has 104 heavy (non-hydrogen) atoms. The maximum Gasteiger partial charge on any atom is 3.00 e. The van der Waals surface area contributed by atoms with Crippen LogP contribution in [-0.2, 0) is 104 Å². The van der Waals surface area contributed by atoms with Crippen LogP contribution in [0.5, 0.6) is 46.0 Å². The molecule has 4 unspecified atom stereocenters. The number of nitrogens with zero attached hydrogens (tertiary/aromatic N) is 4. The van der Waals surface area contributed by atoms with E-state index in [1.165, 1.54) is 49.1 Å². The van der Waals surface area contributed by atoms with E-state index in [9.17, 15) is 65.9 Å². The number of hydrogen-bond donors (Lipinski definition) is 0. The predicted octanol–water partition coefficient (Wildman–Crippen LogP) is 9.90. The standard InChI is InChI=1S/C68H88N4O14.2CHF3O3S.2Co/c1-65(2,3)49-33-45-29-41(61(49)77)37-69-53-17-13-14-18-54(53)70-38-42-30-46(34-50(62(42)78)66(4,5)6)85-59(75)23-27-82-28-24-60(76)86-48-32-44(64(80)52(36-48)68(10,11)12)40-72-56-20-16-15-19-55(56)71-39-43-31-47(35-51(63(43)79)67(7,8)9)84-58(74)22-26-81-25-21-57(73)83-45;2*2-1(3,4)8(5,6)7;;/h29-40,53-56,77-80H,13-28H2,1-12H3;2*(H,5,6,7);;/q;;;2*+3/p-6. The molecule has 576 valence electrons. The zero-order valence-corrected chi connectivity index (χ0v) is 63.0. The van der Waals surface area contributed by atoms with Crippen LogP contribution in [-0.4, -0.2) is 136 Å². The smallest absolute Gasteiger partial charge is 0.872 e. The summed E-state index contributed by atoms with van der Waals surface area (Å²) in [6, 6.07) is 10.8. The number of hydrogen-bond acceptors (Lipinski definition) is 24. The summed E-state index contributed by atoms with van der Waals surface area (Å²) in [5, 5.41) is 55.8. The van der Waals surface area contributed by atoms with E-state index < -0.39 is 76.8 Å². The second-order valence-electron chi connectivity index (χ2n) is 28.4. The van der Waals surface area contributed by atoms with Crippen LogP contribution in [0.15, 0.2) is 68.5 Å². The van der Waals surface area contributed by atoms with Crippen molar-refractivity contribution in [1.82, 2.24) is 0 Å². The van der Waals surface area contributed by atoms with Crippen molar-refractivity contribution >= 4 is 69.0 Å². The van der Waals surface area contributed by atoms with E-state index in [4.69, 9.17) is 74.3 Å². The molecule has 0 saturated heterocycles. The third-order valence-electron chi connectivity index (χ3n) is 15.9. The first kappa shape index (κ1) is 91.2. The Balaban J connectivity index is 0.00000139. The molecule has 4 aromatic carbocycles. The molecule has 0 aromatic heterocycles. The van der Waals surface area contributed by atoms with E-state index in [0.717, 1.165) is 25.7 Å². The molecule has 4 atom stereocenters. The molecular formula is C70H84Co2F6N4O20S2. The van der Waals surface area contributed by atoms with Gasteiger partial charge in [-0.15, -0.1) is 0 Å². The van der Waals surface area contributed by atoms with Gasteiger partial charge in [0.1, 0.15) is 23.0 Å². The van der Waals surface area contributed by atoms with E-state index in [2.05, 4.69) is 0 Å². The average molecular weight is 1600 g/mol. The summed E-state index contributed by atoms with van der Waals surface area (Å²) in [7, 11) is -12.2. The van der Waals surface area contributed by atoms with Crippen molar-refractivity contribution in [1.29, 1.82) is 0 Å². The molecule has 3 aliphatic rings. The number of fused-ring (bicyclic) bond motifs is 10. The van der Waals surface area contributed by atoms with Crippen molar-refractivity contribution in [2.24, 2.45) is 20.0 Å². The number of carbonyl (C=O) groups excluding carboxylic acids is 4. The predicted molar refractivity (Wildman–Crippen MR) is 355 cm³/mol. The normalized spacial score (nSPS) is 19.4. The number of carbonyl (C=O) groups is 4. The molecule has 24 nitrogen and oxygen atoms in total. The van der Waals surface area contributed by atoms with Crippen molar-refractivity contribution in [2.75, 3.05) is 26.4 Å². The Bertz CT molecular complexity index is 3550. The van der Waals surface area contributed by atoms with E-state index in [0.29, 0.717) is 47.9 Å². The molecule has 4 aromatic rings. The molecule has 1 aliphatic heterocycles. The second-order valence-corrected chi connectivity index (χ2v) is 31.2. The number of ether oxygens (including phenoxy) is 6. The largest absolute Gasteiger partial charge is 3.00 e. The van der Waals surface area contributed by atoms with Gasteiger partial charge in [-0.2, -0.15) is 26.3 Å². The molecule has 34 heteroatoms. The summed E-state index contributed by atoms with van der Waals surface area (Å²) in [6.45, 7) is 22.4. The van der Waals surface area contributed by atoms with Gasteiger partial charge in [0.05, 0.1) is 76.3 Å². The Labute approximate surface area is 621 Å². The molecular weight excluding hydrogens is 1510 g/mol. The minimum Gasteiger partial charge on any atom is -0.872 e. The van der Waals surface area contributed by atoms with Gasteiger partial charge in [-0.25, -0.2) is 16.8 Å². The van der Waals surface area contributed by atoms with Gasteiger partial charge < -0.3 is 58.0 Å². The van der Waals surface area contributed by atoms with Crippen LogP contribution < -0.4 is 39.4 Å². The van der Waals surface area contributed by atoms with E-state index in [1.54, 1.807) is 24.3 Å². The Morgan fingerprint density at radius 1 is 0.356 bits per heavy atom. The summed E-state index contributed by atoms with van der Waals surface area (Å²) in [5.41, 5.74) is -11.2. The number of halogens is 6. The molecule has 0 spiro atoms. The molecule has 1 heterocycles. The maximum absolute atomic E-state index is 14.0. The second kappa shape index (κ2) is 38.0. The fourth-order valence-corrected chi connectivity index (χ4v) is 10.5. The average Bonchev–Trinajstić information content (AvgIpc) is 0.813. The molecule has 2 fully saturated rings. The minimum atomic E-state index is -6.09. The van der Waals surface area contributed by atoms with Crippen LogP contribution in [0.2, 0.25) is 0 Å². The maximum atomic E-state index is 14.0. The summed E-state index contributed by atoms with van der Waals surface area (Å²) in [6.07, 6.45) is 11.5. The van der Waals surface area contributed by atoms with Crippen molar-refractivity contribution in [2.45, 2.75) is 217 Å². The first-order valence-electron chi connectivity index (χ1n) is 32.5. The Kier molecular flexibility index (Phi) is 33.3. The third kappa shape index (κ3) is 28.0. The van der Waals surface area contributed by atoms with Crippen LogP contribution in [0.4, 0.5) is 26.3 Å². The fraction of sp³-hybridized carbons (Fsp3) is 0.543. The van der Waals surface area contributed by atoms with Crippen molar-refractivity contribution in [3.8, 4) is 46.0 Å². The van der Waals surface area contributed by atoms with Crippen LogP contribution in [0.3, 0.4) is 0 Å². The number of alkyl halides is 6. The SMILES string of the molecule is CC(C)(C)c1cc2cc(c1[O-])C=NC1CCCCC1N=Cc1cc(cc(C(C)(C)C)c1[O-])OC(=O)CCOCCC(=O)Oc1cc(c([O-])c(C(C)(C)C)c1)C=NC1CCCCC1N=Cc1cc(cc(C(C)(C)C)c1[O-])OC(=O)CCOCCC(=O)O2.O=S(=O)([O-])C(F)(F)F.O=S(=O)([O-])C(F)(F)F.[Co+3].[Co+3]. The van der Waals surface area contributed by atoms with Gasteiger partial charge in [0.2, 0.25) is 0 Å². The van der Waals surface area contributed by atoms with Gasteiger partial charge in [-0.3, -0.25) is 39.1 Å². The van der Waals surface area contributed by atoms with Gasteiger partial charge in [0.15, 0.2) is 20.2 Å². The molecule has 0 radical (unpaired) electrons. The van der Waals surface area contributed by atoms with Crippen molar-refractivity contribution in [3.63, 3.8) is 0 Å². The molecule has 2 saturated carbocycles. The summed E-state index contributed by atoms with van der Waals surface area (Å²) in [5.74, 6) is -2.91. The summed E-state index contributed by atoms with van der Waals surface area (Å²) >= 11 is 0. The van der Waals surface area contributed by atoms with Crippen LogP contribution in [0.1, 0.15) is 205 Å². The zero-order chi connectivity index (χ0) is 76.7. The topological polar surface area (TPSA) is 380 Å². The summed E-state index contributed by atoms with van der Waals surface area (Å²) < 4.78 is 152. The number of rotatable bonds is 0. The number of esters is 4. The Hall–Kier alpha value is -7.03. The van der Waals surface area contributed by atoms with Crippen LogP contribution in [0, 0.1) is 0 Å². The molecule has 0 amide bonds. The number of benzene rings is 4. The van der Waals surface area contributed by atoms with Crippen molar-refractivity contribution in [3.05, 3.63) is 93.0 Å². The zero-order valence-electron chi connectivity index (χ0n) is 59.3. The molecule has 8 bridgehead atoms. The van der Waals surface area contributed by atoms with Crippen molar-refractivity contribution < 1.29 is 154 Å². The summed E-state index contributed by atoms with van der Waals surface area (Å²) in [4.78, 5) is 72.5. The molecule has 2 aliphatic carbocycles. The number of aliphatic imine (C=N–C) groups is 4. The van der Waals surface area contributed by atoms with Crippen LogP contribution in [0.25, 0.3) is 0 Å². The molecule has 0 N–H and O–H groups in total. The minimum absolute atomic E-state index is 0. The first-order chi connectivity index (χ1) is 46.9. The van der Waals surface area contributed by atoms with Gasteiger partial charge in [-0.1, -0.05) is 132 Å². The van der Waals surface area contributed by atoms with Gasteiger partial charge >= 0.3 is 68.5 Å². The third-order valence-corrected chi connectivity index (χ3v) is 17.0. The molecule has 7 rings (SSSR count). The Morgan fingerprint density at radius 3 is 0.683 bits per heavy atom. The van der Waals surface area contributed by atoms with Crippen LogP contribution >= 0.6 is 0 Å². The monoisotopic (exact) mass is 1600 g/mol. The first-order valence-corrected chi connectivity index (χ1v) is 35.3. The van der Waals surface area contributed by atoms with E-state index >= 15 is 0 Å². The van der Waals surface area contributed by atoms with Gasteiger partial charge in [0.25, 0.3) is 0 Å². The Morgan fingerprint density at radius 2 is 0.529 bits per heavy atom. The van der Waals surface area contributed by atoms with E-state index in [1.807, 2.05) is 83.1 Å². The van der Waals surface area contributed by atoms with Gasteiger partial charge in [0, 0.05) is 24.9 Å².